The number of fused-ring (bicyclic) bond motifs is 1. The van der Waals surface area contributed by atoms with E-state index in [2.05, 4.69) is 21.6 Å². The van der Waals surface area contributed by atoms with Crippen LogP contribution >= 0.6 is 0 Å². The molecule has 0 saturated carbocycles. The molecular formula is C19H17N3O3S. The number of sulfonamides is 1. The summed E-state index contributed by atoms with van der Waals surface area (Å²) >= 11 is 0. The zero-order valence-corrected chi connectivity index (χ0v) is 14.7. The molecular weight excluding hydrogens is 350 g/mol. The molecule has 3 rings (SSSR count). The molecule has 7 heteroatoms. The van der Waals surface area contributed by atoms with Gasteiger partial charge in [0, 0.05) is 23.7 Å². The summed E-state index contributed by atoms with van der Waals surface area (Å²) in [6.45, 7) is 3.87. The van der Waals surface area contributed by atoms with Crippen LogP contribution in [0, 0.1) is 0 Å². The molecule has 1 heterocycles. The van der Waals surface area contributed by atoms with Crippen molar-refractivity contribution in [1.29, 1.82) is 0 Å². The lowest BCUT2D eigenvalue weighted by molar-refractivity contribution is 0.0958. The zero-order valence-electron chi connectivity index (χ0n) is 13.8. The van der Waals surface area contributed by atoms with Crippen molar-refractivity contribution < 1.29 is 13.2 Å². The molecule has 0 radical (unpaired) electrons. The average Bonchev–Trinajstić information content (AvgIpc) is 2.66. The van der Waals surface area contributed by atoms with Crippen LogP contribution in [0.15, 0.2) is 78.3 Å². The zero-order chi connectivity index (χ0) is 18.6. The number of pyridine rings is 1. The van der Waals surface area contributed by atoms with Crippen molar-refractivity contribution in [3.8, 4) is 0 Å². The summed E-state index contributed by atoms with van der Waals surface area (Å²) in [6.07, 6.45) is 3.18. The van der Waals surface area contributed by atoms with E-state index in [4.69, 9.17) is 0 Å². The predicted octanol–water partition coefficient (Wildman–Crippen LogP) is 2.95. The first kappa shape index (κ1) is 17.6. The van der Waals surface area contributed by atoms with Gasteiger partial charge in [-0.1, -0.05) is 24.3 Å². The maximum absolute atomic E-state index is 12.6. The fraction of sp³-hybridized carbons (Fsp3) is 0.0526. The van der Waals surface area contributed by atoms with Gasteiger partial charge < -0.3 is 5.32 Å². The number of para-hydroxylation sites is 1. The van der Waals surface area contributed by atoms with Gasteiger partial charge in [0.05, 0.1) is 16.1 Å². The summed E-state index contributed by atoms with van der Waals surface area (Å²) in [6, 6.07) is 14.6. The summed E-state index contributed by atoms with van der Waals surface area (Å²) < 4.78 is 27.8. The molecule has 2 N–H and O–H groups in total. The highest BCUT2D eigenvalue weighted by Gasteiger charge is 2.16. The third-order valence-corrected chi connectivity index (χ3v) is 5.09. The first-order valence-electron chi connectivity index (χ1n) is 7.87. The Morgan fingerprint density at radius 3 is 2.54 bits per heavy atom. The van der Waals surface area contributed by atoms with Crippen molar-refractivity contribution in [2.75, 3.05) is 11.3 Å². The second-order valence-corrected chi connectivity index (χ2v) is 7.19. The Morgan fingerprint density at radius 2 is 1.81 bits per heavy atom. The van der Waals surface area contributed by atoms with Gasteiger partial charge in [-0.05, 0) is 36.4 Å². The predicted molar refractivity (Wildman–Crippen MR) is 102 cm³/mol. The van der Waals surface area contributed by atoms with E-state index in [1.54, 1.807) is 30.5 Å². The Hall–Kier alpha value is -3.19. The van der Waals surface area contributed by atoms with E-state index >= 15 is 0 Å². The largest absolute Gasteiger partial charge is 0.349 e. The van der Waals surface area contributed by atoms with Crippen LogP contribution in [0.3, 0.4) is 0 Å². The molecule has 0 unspecified atom stereocenters. The van der Waals surface area contributed by atoms with Crippen LogP contribution in [0.5, 0.6) is 0 Å². The smallest absolute Gasteiger partial charge is 0.261 e. The highest BCUT2D eigenvalue weighted by Crippen LogP contribution is 2.23. The Balaban J connectivity index is 1.86. The lowest BCUT2D eigenvalue weighted by Crippen LogP contribution is -2.23. The number of aromatic nitrogens is 1. The van der Waals surface area contributed by atoms with E-state index in [0.717, 1.165) is 5.39 Å². The Kier molecular flexibility index (Phi) is 4.99. The van der Waals surface area contributed by atoms with Crippen molar-refractivity contribution in [1.82, 2.24) is 10.3 Å². The number of benzene rings is 2. The maximum Gasteiger partial charge on any atom is 0.261 e. The van der Waals surface area contributed by atoms with Gasteiger partial charge >= 0.3 is 0 Å². The topological polar surface area (TPSA) is 88.2 Å². The first-order valence-corrected chi connectivity index (χ1v) is 9.35. The standard InChI is InChI=1S/C19H17N3O3S/c1-2-12-21-19(23)15-8-10-16(11-9-15)26(24,25)22-17-7-3-5-14-6-4-13-20-18(14)17/h2-11,13,22H,1,12H2,(H,21,23). The second-order valence-electron chi connectivity index (χ2n) is 5.51. The van der Waals surface area contributed by atoms with Crippen molar-refractivity contribution in [2.24, 2.45) is 0 Å². The fourth-order valence-electron chi connectivity index (χ4n) is 2.44. The van der Waals surface area contributed by atoms with E-state index in [-0.39, 0.29) is 10.8 Å². The normalized spacial score (nSPS) is 11.1. The van der Waals surface area contributed by atoms with Crippen molar-refractivity contribution in [3.05, 3.63) is 79.0 Å². The van der Waals surface area contributed by atoms with Gasteiger partial charge in [0.25, 0.3) is 15.9 Å². The van der Waals surface area contributed by atoms with Gasteiger partial charge in [-0.2, -0.15) is 0 Å². The molecule has 0 aliphatic rings. The number of hydrogen-bond acceptors (Lipinski definition) is 4. The van der Waals surface area contributed by atoms with Crippen LogP contribution in [-0.2, 0) is 10.0 Å². The van der Waals surface area contributed by atoms with Crippen molar-refractivity contribution in [2.45, 2.75) is 4.90 Å². The molecule has 0 aliphatic carbocycles. The Labute approximate surface area is 151 Å². The fourth-order valence-corrected chi connectivity index (χ4v) is 3.51. The number of carbonyl (C=O) groups is 1. The molecule has 3 aromatic rings. The summed E-state index contributed by atoms with van der Waals surface area (Å²) in [4.78, 5) is 16.2. The molecule has 1 aromatic heterocycles. The van der Waals surface area contributed by atoms with Gasteiger partial charge in [-0.15, -0.1) is 6.58 Å². The SMILES string of the molecule is C=CCNC(=O)c1ccc(S(=O)(=O)Nc2cccc3cccnc23)cc1. The number of rotatable bonds is 6. The van der Waals surface area contributed by atoms with Gasteiger partial charge in [0.15, 0.2) is 0 Å². The lowest BCUT2D eigenvalue weighted by atomic mass is 10.2. The summed E-state index contributed by atoms with van der Waals surface area (Å²) in [5.41, 5.74) is 1.34. The molecule has 132 valence electrons. The summed E-state index contributed by atoms with van der Waals surface area (Å²) in [5, 5.41) is 3.47. The molecule has 0 aliphatic heterocycles. The van der Waals surface area contributed by atoms with Gasteiger partial charge in [0.1, 0.15) is 0 Å². The average molecular weight is 367 g/mol. The molecule has 26 heavy (non-hydrogen) atoms. The van der Waals surface area contributed by atoms with E-state index in [9.17, 15) is 13.2 Å². The van der Waals surface area contributed by atoms with E-state index in [1.807, 2.05) is 12.1 Å². The van der Waals surface area contributed by atoms with Gasteiger partial charge in [-0.3, -0.25) is 14.5 Å². The lowest BCUT2D eigenvalue weighted by Gasteiger charge is -2.10. The molecule has 2 aromatic carbocycles. The number of hydrogen-bond donors (Lipinski definition) is 2. The monoisotopic (exact) mass is 367 g/mol. The highest BCUT2D eigenvalue weighted by molar-refractivity contribution is 7.92. The quantitative estimate of drug-likeness (QED) is 0.656. The van der Waals surface area contributed by atoms with Crippen LogP contribution in [0.25, 0.3) is 10.9 Å². The molecule has 0 spiro atoms. The van der Waals surface area contributed by atoms with Crippen LogP contribution in [0.1, 0.15) is 10.4 Å². The van der Waals surface area contributed by atoms with Crippen molar-refractivity contribution >= 4 is 32.5 Å². The minimum absolute atomic E-state index is 0.0608. The van der Waals surface area contributed by atoms with E-state index in [0.29, 0.717) is 23.3 Å². The molecule has 0 bridgehead atoms. The van der Waals surface area contributed by atoms with Crippen LogP contribution in [0.2, 0.25) is 0 Å². The Bertz CT molecular complexity index is 1060. The molecule has 1 amide bonds. The number of amides is 1. The van der Waals surface area contributed by atoms with Gasteiger partial charge in [-0.25, -0.2) is 8.42 Å². The van der Waals surface area contributed by atoms with Crippen LogP contribution in [-0.4, -0.2) is 25.9 Å². The van der Waals surface area contributed by atoms with Crippen LogP contribution < -0.4 is 10.0 Å². The first-order chi connectivity index (χ1) is 12.5. The molecule has 6 nitrogen and oxygen atoms in total. The van der Waals surface area contributed by atoms with E-state index < -0.39 is 10.0 Å². The van der Waals surface area contributed by atoms with E-state index in [1.165, 1.54) is 24.3 Å². The highest BCUT2D eigenvalue weighted by atomic mass is 32.2. The maximum atomic E-state index is 12.6. The third-order valence-electron chi connectivity index (χ3n) is 3.71. The minimum Gasteiger partial charge on any atom is -0.349 e. The van der Waals surface area contributed by atoms with Crippen molar-refractivity contribution in [3.63, 3.8) is 0 Å². The summed E-state index contributed by atoms with van der Waals surface area (Å²) in [5.74, 6) is -0.292. The summed E-state index contributed by atoms with van der Waals surface area (Å²) in [7, 11) is -3.80. The molecule has 0 saturated heterocycles. The number of nitrogens with zero attached hydrogens (tertiary/aromatic N) is 1. The van der Waals surface area contributed by atoms with Gasteiger partial charge in [0.2, 0.25) is 0 Å². The number of carbonyl (C=O) groups excluding carboxylic acids is 1. The van der Waals surface area contributed by atoms with Crippen LogP contribution in [0.4, 0.5) is 5.69 Å². The Morgan fingerprint density at radius 1 is 1.08 bits per heavy atom. The third kappa shape index (κ3) is 3.73. The molecule has 0 atom stereocenters. The molecule has 0 fully saturated rings. The number of anilines is 1. The second kappa shape index (κ2) is 7.37. The number of nitrogens with one attached hydrogen (secondary N) is 2. The minimum atomic E-state index is -3.80.